The van der Waals surface area contributed by atoms with Gasteiger partial charge in [0.1, 0.15) is 5.58 Å². The molecule has 0 unspecified atom stereocenters. The van der Waals surface area contributed by atoms with Crippen LogP contribution in [0.5, 0.6) is 0 Å². The molecule has 0 saturated heterocycles. The lowest BCUT2D eigenvalue weighted by atomic mass is 10.2. The van der Waals surface area contributed by atoms with Gasteiger partial charge >= 0.3 is 5.63 Å². The summed E-state index contributed by atoms with van der Waals surface area (Å²) in [7, 11) is -3.63. The average Bonchev–Trinajstić information content (AvgIpc) is 2.94. The molecule has 0 aliphatic carbocycles. The van der Waals surface area contributed by atoms with Crippen molar-refractivity contribution in [2.24, 2.45) is 0 Å². The van der Waals surface area contributed by atoms with Crippen LogP contribution in [-0.4, -0.2) is 19.9 Å². The number of thiazole rings is 1. The van der Waals surface area contributed by atoms with E-state index in [1.165, 1.54) is 29.1 Å². The fraction of sp³-hybridized carbons (Fsp3) is 0.294. The molecule has 0 spiro atoms. The molecular formula is C17H18N2O4S2. The van der Waals surface area contributed by atoms with Gasteiger partial charge in [-0.05, 0) is 37.6 Å². The highest BCUT2D eigenvalue weighted by Crippen LogP contribution is 2.19. The lowest BCUT2D eigenvalue weighted by molar-refractivity contribution is 0.560. The largest absolute Gasteiger partial charge is 0.423 e. The third-order valence-electron chi connectivity index (χ3n) is 3.80. The second kappa shape index (κ2) is 7.07. The predicted molar refractivity (Wildman–Crippen MR) is 97.6 cm³/mol. The van der Waals surface area contributed by atoms with Crippen LogP contribution in [0.3, 0.4) is 0 Å². The molecule has 0 atom stereocenters. The minimum atomic E-state index is -3.63. The van der Waals surface area contributed by atoms with Crippen LogP contribution >= 0.6 is 11.3 Å². The third kappa shape index (κ3) is 3.97. The van der Waals surface area contributed by atoms with Gasteiger partial charge in [-0.1, -0.05) is 6.92 Å². The lowest BCUT2D eigenvalue weighted by Gasteiger charge is -2.06. The van der Waals surface area contributed by atoms with Gasteiger partial charge in [-0.3, -0.25) is 0 Å². The van der Waals surface area contributed by atoms with E-state index in [0.717, 1.165) is 17.1 Å². The van der Waals surface area contributed by atoms with Crippen molar-refractivity contribution in [2.45, 2.75) is 31.6 Å². The summed E-state index contributed by atoms with van der Waals surface area (Å²) in [6, 6.07) is 7.22. The van der Waals surface area contributed by atoms with Gasteiger partial charge in [0.15, 0.2) is 0 Å². The number of nitrogens with zero attached hydrogens (tertiary/aromatic N) is 1. The first-order valence-electron chi connectivity index (χ1n) is 7.88. The Labute approximate surface area is 149 Å². The summed E-state index contributed by atoms with van der Waals surface area (Å²) in [5, 5.41) is 1.49. The first kappa shape index (κ1) is 17.8. The molecule has 132 valence electrons. The summed E-state index contributed by atoms with van der Waals surface area (Å²) in [4.78, 5) is 17.0. The molecule has 1 aromatic carbocycles. The number of sulfonamides is 1. The SMILES string of the molecule is CCc1nc(CCNS(=O)(=O)c2ccc3oc(=O)ccc3c2)sc1C. The summed E-state index contributed by atoms with van der Waals surface area (Å²) in [6.07, 6.45) is 1.43. The molecule has 0 radical (unpaired) electrons. The fourth-order valence-corrected chi connectivity index (χ4v) is 4.60. The molecule has 0 amide bonds. The molecule has 3 rings (SSSR count). The van der Waals surface area contributed by atoms with E-state index in [1.54, 1.807) is 17.4 Å². The minimum absolute atomic E-state index is 0.137. The first-order chi connectivity index (χ1) is 11.9. The Balaban J connectivity index is 1.72. The Hall–Kier alpha value is -2.03. The monoisotopic (exact) mass is 378 g/mol. The van der Waals surface area contributed by atoms with Crippen LogP contribution in [0.4, 0.5) is 0 Å². The molecule has 0 saturated carbocycles. The summed E-state index contributed by atoms with van der Waals surface area (Å²) >= 11 is 1.60. The Morgan fingerprint density at radius 3 is 2.76 bits per heavy atom. The van der Waals surface area contributed by atoms with Crippen molar-refractivity contribution in [1.82, 2.24) is 9.71 Å². The van der Waals surface area contributed by atoms with Crippen molar-refractivity contribution in [3.05, 3.63) is 56.3 Å². The van der Waals surface area contributed by atoms with Gasteiger partial charge in [-0.2, -0.15) is 0 Å². The van der Waals surface area contributed by atoms with Crippen molar-refractivity contribution < 1.29 is 12.8 Å². The van der Waals surface area contributed by atoms with E-state index in [9.17, 15) is 13.2 Å². The maximum absolute atomic E-state index is 12.4. The maximum Gasteiger partial charge on any atom is 0.336 e. The molecule has 1 N–H and O–H groups in total. The van der Waals surface area contributed by atoms with Crippen LogP contribution in [0.15, 0.2) is 44.4 Å². The maximum atomic E-state index is 12.4. The van der Waals surface area contributed by atoms with E-state index in [0.29, 0.717) is 17.4 Å². The van der Waals surface area contributed by atoms with E-state index in [1.807, 2.05) is 6.92 Å². The van der Waals surface area contributed by atoms with Crippen molar-refractivity contribution in [3.8, 4) is 0 Å². The van der Waals surface area contributed by atoms with E-state index in [2.05, 4.69) is 16.6 Å². The van der Waals surface area contributed by atoms with Crippen molar-refractivity contribution in [2.75, 3.05) is 6.54 Å². The van der Waals surface area contributed by atoms with Crippen LogP contribution in [0.25, 0.3) is 11.0 Å². The molecular weight excluding hydrogens is 360 g/mol. The van der Waals surface area contributed by atoms with Crippen LogP contribution in [0, 0.1) is 6.92 Å². The van der Waals surface area contributed by atoms with Gasteiger partial charge in [0.2, 0.25) is 10.0 Å². The van der Waals surface area contributed by atoms with Crippen molar-refractivity contribution >= 4 is 32.3 Å². The smallest absolute Gasteiger partial charge is 0.336 e. The molecule has 0 aliphatic heterocycles. The average molecular weight is 378 g/mol. The molecule has 0 aliphatic rings. The van der Waals surface area contributed by atoms with E-state index in [4.69, 9.17) is 4.42 Å². The van der Waals surface area contributed by atoms with Crippen LogP contribution < -0.4 is 10.3 Å². The fourth-order valence-electron chi connectivity index (χ4n) is 2.52. The Morgan fingerprint density at radius 1 is 1.24 bits per heavy atom. The number of fused-ring (bicyclic) bond motifs is 1. The molecule has 0 fully saturated rings. The minimum Gasteiger partial charge on any atom is -0.423 e. The molecule has 3 aromatic rings. The Morgan fingerprint density at radius 2 is 2.04 bits per heavy atom. The highest BCUT2D eigenvalue weighted by atomic mass is 32.2. The Bertz CT molecular complexity index is 1070. The number of aryl methyl sites for hydroxylation is 2. The second-order valence-electron chi connectivity index (χ2n) is 5.57. The highest BCUT2D eigenvalue weighted by Gasteiger charge is 2.15. The normalized spacial score (nSPS) is 11.9. The topological polar surface area (TPSA) is 89.3 Å². The van der Waals surface area contributed by atoms with Gasteiger partial charge < -0.3 is 4.42 Å². The molecule has 8 heteroatoms. The zero-order valence-electron chi connectivity index (χ0n) is 13.9. The van der Waals surface area contributed by atoms with Crippen LogP contribution in [-0.2, 0) is 22.9 Å². The molecule has 2 aromatic heterocycles. The van der Waals surface area contributed by atoms with Gasteiger partial charge in [-0.25, -0.2) is 22.9 Å². The molecule has 2 heterocycles. The van der Waals surface area contributed by atoms with Crippen molar-refractivity contribution in [3.63, 3.8) is 0 Å². The molecule has 6 nitrogen and oxygen atoms in total. The van der Waals surface area contributed by atoms with Gasteiger partial charge in [-0.15, -0.1) is 11.3 Å². The summed E-state index contributed by atoms with van der Waals surface area (Å²) in [5.74, 6) is 0. The standard InChI is InChI=1S/C17H18N2O4S2/c1-3-14-11(2)24-16(19-14)8-9-18-25(21,22)13-5-6-15-12(10-13)4-7-17(20)23-15/h4-7,10,18H,3,8-9H2,1-2H3. The van der Waals surface area contributed by atoms with Crippen LogP contribution in [0.1, 0.15) is 22.5 Å². The Kier molecular flexibility index (Phi) is 5.03. The first-order valence-corrected chi connectivity index (χ1v) is 10.2. The van der Waals surface area contributed by atoms with E-state index >= 15 is 0 Å². The second-order valence-corrected chi connectivity index (χ2v) is 8.62. The van der Waals surface area contributed by atoms with Crippen LogP contribution in [0.2, 0.25) is 0 Å². The number of rotatable bonds is 6. The highest BCUT2D eigenvalue weighted by molar-refractivity contribution is 7.89. The molecule has 0 bridgehead atoms. The summed E-state index contributed by atoms with van der Waals surface area (Å²) < 4.78 is 32.5. The predicted octanol–water partition coefficient (Wildman–Crippen LogP) is 2.64. The van der Waals surface area contributed by atoms with Crippen molar-refractivity contribution in [1.29, 1.82) is 0 Å². The number of aromatic nitrogens is 1. The lowest BCUT2D eigenvalue weighted by Crippen LogP contribution is -2.26. The summed E-state index contributed by atoms with van der Waals surface area (Å²) in [6.45, 7) is 4.36. The molecule has 25 heavy (non-hydrogen) atoms. The number of hydrogen-bond donors (Lipinski definition) is 1. The van der Waals surface area contributed by atoms with Gasteiger partial charge in [0, 0.05) is 29.3 Å². The third-order valence-corrected chi connectivity index (χ3v) is 6.34. The zero-order valence-corrected chi connectivity index (χ0v) is 15.5. The van der Waals surface area contributed by atoms with Gasteiger partial charge in [0.05, 0.1) is 15.6 Å². The summed E-state index contributed by atoms with van der Waals surface area (Å²) in [5.41, 5.74) is 0.960. The number of benzene rings is 1. The number of hydrogen-bond acceptors (Lipinski definition) is 6. The van der Waals surface area contributed by atoms with Gasteiger partial charge in [0.25, 0.3) is 0 Å². The van der Waals surface area contributed by atoms with E-state index in [-0.39, 0.29) is 11.4 Å². The van der Waals surface area contributed by atoms with E-state index < -0.39 is 15.6 Å². The number of nitrogens with one attached hydrogen (secondary N) is 1. The quantitative estimate of drug-likeness (QED) is 0.666. The zero-order chi connectivity index (χ0) is 18.0.